The highest BCUT2D eigenvalue weighted by molar-refractivity contribution is 5.95. The average Bonchev–Trinajstić information content (AvgIpc) is 2.83. The predicted molar refractivity (Wildman–Crippen MR) is 124 cm³/mol. The molecule has 2 aromatic rings. The maximum Gasteiger partial charge on any atom is 0.416 e. The number of hydrogen-bond acceptors (Lipinski definition) is 4. The van der Waals surface area contributed by atoms with Crippen molar-refractivity contribution in [3.63, 3.8) is 0 Å². The van der Waals surface area contributed by atoms with Crippen LogP contribution in [0.3, 0.4) is 0 Å². The summed E-state index contributed by atoms with van der Waals surface area (Å²) in [5, 5.41) is 5.21. The first-order chi connectivity index (χ1) is 16.6. The molecule has 6 nitrogen and oxygen atoms in total. The Balaban J connectivity index is 1.49. The third-order valence-electron chi connectivity index (χ3n) is 5.93. The van der Waals surface area contributed by atoms with E-state index in [9.17, 15) is 22.8 Å². The lowest BCUT2D eigenvalue weighted by Gasteiger charge is -2.38. The van der Waals surface area contributed by atoms with Gasteiger partial charge in [-0.3, -0.25) is 14.6 Å². The smallest absolute Gasteiger partial charge is 0.416 e. The fourth-order valence-electron chi connectivity index (χ4n) is 3.94. The van der Waals surface area contributed by atoms with Crippen molar-refractivity contribution in [1.82, 2.24) is 10.3 Å². The number of carbonyl (C=O) groups is 2. The van der Waals surface area contributed by atoms with E-state index in [1.807, 2.05) is 25.2 Å². The Morgan fingerprint density at radius 2 is 1.89 bits per heavy atom. The normalized spacial score (nSPS) is 20.9. The Labute approximate surface area is 199 Å². The van der Waals surface area contributed by atoms with Crippen molar-refractivity contribution >= 4 is 17.5 Å². The molecule has 2 amide bonds. The molecular weight excluding hydrogens is 459 g/mol. The predicted octanol–water partition coefficient (Wildman–Crippen LogP) is 5.05. The number of rotatable bonds is 5. The molecule has 0 saturated carbocycles. The molecule has 1 aromatic heterocycles. The summed E-state index contributed by atoms with van der Waals surface area (Å²) in [6, 6.07) is 7.48. The Kier molecular flexibility index (Phi) is 6.34. The standard InChI is InChI=1S/C26H22F3N3O3/c1-25-12-10-19(35-20-11-13-31-22(15-20)24(34)30-2)14-17(25)4-3-5-21(25)23(33)32-18-8-6-16(7-9-18)26(27,28)29/h3-15,21H,1-2H3,(H,30,34)(H,32,33). The van der Waals surface area contributed by atoms with Crippen LogP contribution in [0.2, 0.25) is 0 Å². The molecule has 1 heterocycles. The lowest BCUT2D eigenvalue weighted by molar-refractivity contribution is -0.137. The fourth-order valence-corrected chi connectivity index (χ4v) is 3.94. The number of allylic oxidation sites excluding steroid dienone is 6. The van der Waals surface area contributed by atoms with Gasteiger partial charge in [-0.05, 0) is 48.1 Å². The fraction of sp³-hybridized carbons (Fsp3) is 0.192. The lowest BCUT2D eigenvalue weighted by atomic mass is 9.66. The summed E-state index contributed by atoms with van der Waals surface area (Å²) in [7, 11) is 1.51. The van der Waals surface area contributed by atoms with Gasteiger partial charge in [-0.2, -0.15) is 13.2 Å². The summed E-state index contributed by atoms with van der Waals surface area (Å²) in [6.07, 6.45) is 7.83. The Hall–Kier alpha value is -4.14. The molecule has 0 aliphatic heterocycles. The van der Waals surface area contributed by atoms with Crippen molar-refractivity contribution in [2.45, 2.75) is 13.1 Å². The number of benzene rings is 1. The van der Waals surface area contributed by atoms with Crippen molar-refractivity contribution in [3.8, 4) is 5.75 Å². The molecule has 0 spiro atoms. The maximum absolute atomic E-state index is 13.1. The Morgan fingerprint density at radius 1 is 1.14 bits per heavy atom. The molecule has 180 valence electrons. The van der Waals surface area contributed by atoms with Gasteiger partial charge in [0.15, 0.2) is 0 Å². The molecule has 9 heteroatoms. The van der Waals surface area contributed by atoms with Gasteiger partial charge in [0.05, 0.1) is 11.5 Å². The van der Waals surface area contributed by atoms with Crippen LogP contribution in [-0.4, -0.2) is 23.8 Å². The van der Waals surface area contributed by atoms with Crippen molar-refractivity contribution in [3.05, 3.63) is 102 Å². The van der Waals surface area contributed by atoms with Crippen molar-refractivity contribution < 1.29 is 27.5 Å². The van der Waals surface area contributed by atoms with Gasteiger partial charge in [-0.25, -0.2) is 0 Å². The summed E-state index contributed by atoms with van der Waals surface area (Å²) in [4.78, 5) is 28.9. The largest absolute Gasteiger partial charge is 0.457 e. The average molecular weight is 481 g/mol. The number of fused-ring (bicyclic) bond motifs is 1. The van der Waals surface area contributed by atoms with Gasteiger partial charge in [-0.1, -0.05) is 31.2 Å². The van der Waals surface area contributed by atoms with E-state index in [2.05, 4.69) is 15.6 Å². The third kappa shape index (κ3) is 5.03. The maximum atomic E-state index is 13.1. The molecule has 35 heavy (non-hydrogen) atoms. The van der Waals surface area contributed by atoms with Crippen LogP contribution in [0, 0.1) is 11.3 Å². The third-order valence-corrected chi connectivity index (χ3v) is 5.93. The monoisotopic (exact) mass is 481 g/mol. The van der Waals surface area contributed by atoms with E-state index in [0.29, 0.717) is 11.5 Å². The second-order valence-electron chi connectivity index (χ2n) is 8.27. The molecule has 2 unspecified atom stereocenters. The number of halogens is 3. The molecule has 0 radical (unpaired) electrons. The van der Waals surface area contributed by atoms with Gasteiger partial charge in [-0.15, -0.1) is 0 Å². The molecule has 2 atom stereocenters. The molecule has 0 bridgehead atoms. The minimum Gasteiger partial charge on any atom is -0.457 e. The zero-order chi connectivity index (χ0) is 25.2. The van der Waals surface area contributed by atoms with Gasteiger partial charge < -0.3 is 15.4 Å². The highest BCUT2D eigenvalue weighted by Crippen LogP contribution is 2.45. The van der Waals surface area contributed by atoms with Crippen LogP contribution in [0.15, 0.2) is 90.4 Å². The van der Waals surface area contributed by atoms with E-state index >= 15 is 0 Å². The molecule has 0 fully saturated rings. The number of ether oxygens (including phenoxy) is 1. The summed E-state index contributed by atoms with van der Waals surface area (Å²) in [5.74, 6) is -0.333. The highest BCUT2D eigenvalue weighted by atomic mass is 19.4. The van der Waals surface area contributed by atoms with E-state index in [4.69, 9.17) is 4.74 Å². The van der Waals surface area contributed by atoms with Crippen molar-refractivity contribution in [2.24, 2.45) is 11.3 Å². The van der Waals surface area contributed by atoms with Crippen LogP contribution in [-0.2, 0) is 11.0 Å². The van der Waals surface area contributed by atoms with Gasteiger partial charge in [0.25, 0.3) is 5.91 Å². The number of nitrogens with one attached hydrogen (secondary N) is 2. The first-order valence-corrected chi connectivity index (χ1v) is 10.7. The van der Waals surface area contributed by atoms with E-state index in [0.717, 1.165) is 17.7 Å². The number of hydrogen-bond donors (Lipinski definition) is 2. The summed E-state index contributed by atoms with van der Waals surface area (Å²) < 4.78 is 44.3. The molecule has 4 rings (SSSR count). The molecule has 2 aliphatic rings. The number of anilines is 1. The Morgan fingerprint density at radius 3 is 2.57 bits per heavy atom. The minimum atomic E-state index is -4.44. The summed E-state index contributed by atoms with van der Waals surface area (Å²) in [6.45, 7) is 1.90. The van der Waals surface area contributed by atoms with Crippen LogP contribution < -0.4 is 15.4 Å². The number of nitrogens with zero attached hydrogens (tertiary/aromatic N) is 1. The van der Waals surface area contributed by atoms with Crippen LogP contribution >= 0.6 is 0 Å². The first-order valence-electron chi connectivity index (χ1n) is 10.7. The number of carbonyl (C=O) groups excluding carboxylic acids is 2. The number of aromatic nitrogens is 1. The van der Waals surface area contributed by atoms with E-state index in [-0.39, 0.29) is 23.2 Å². The van der Waals surface area contributed by atoms with Gasteiger partial charge >= 0.3 is 6.18 Å². The molecule has 0 saturated heterocycles. The molecular formula is C26H22F3N3O3. The van der Waals surface area contributed by atoms with E-state index < -0.39 is 23.1 Å². The van der Waals surface area contributed by atoms with Crippen molar-refractivity contribution in [2.75, 3.05) is 12.4 Å². The summed E-state index contributed by atoms with van der Waals surface area (Å²) >= 11 is 0. The lowest BCUT2D eigenvalue weighted by Crippen LogP contribution is -2.38. The van der Waals surface area contributed by atoms with E-state index in [1.54, 1.807) is 24.3 Å². The Bertz CT molecular complexity index is 1280. The highest BCUT2D eigenvalue weighted by Gasteiger charge is 2.41. The van der Waals surface area contributed by atoms with Gasteiger partial charge in [0.2, 0.25) is 5.91 Å². The number of pyridine rings is 1. The quantitative estimate of drug-likeness (QED) is 0.627. The van der Waals surface area contributed by atoms with Crippen molar-refractivity contribution in [1.29, 1.82) is 0 Å². The topological polar surface area (TPSA) is 80.3 Å². The van der Waals surface area contributed by atoms with Gasteiger partial charge in [0, 0.05) is 30.4 Å². The number of amides is 2. The second kappa shape index (κ2) is 9.25. The zero-order valence-electron chi connectivity index (χ0n) is 18.9. The second-order valence-corrected chi connectivity index (χ2v) is 8.27. The molecule has 2 aliphatic carbocycles. The van der Waals surface area contributed by atoms with Crippen LogP contribution in [0.1, 0.15) is 23.0 Å². The van der Waals surface area contributed by atoms with Crippen LogP contribution in [0.4, 0.5) is 18.9 Å². The zero-order valence-corrected chi connectivity index (χ0v) is 18.9. The minimum absolute atomic E-state index is 0.218. The number of alkyl halides is 3. The molecule has 2 N–H and O–H groups in total. The molecule has 1 aromatic carbocycles. The summed E-state index contributed by atoms with van der Waals surface area (Å²) in [5.41, 5.74) is -0.154. The van der Waals surface area contributed by atoms with Crippen LogP contribution in [0.25, 0.3) is 0 Å². The first kappa shape index (κ1) is 24.0. The van der Waals surface area contributed by atoms with Gasteiger partial charge in [0.1, 0.15) is 17.2 Å². The SMILES string of the molecule is CNC(=O)c1cc(OC2=CC3=CC=CC(C(=O)Nc4ccc(C(F)(F)F)cc4)C3(C)C=C2)ccn1. The van der Waals surface area contributed by atoms with Crippen LogP contribution in [0.5, 0.6) is 5.75 Å². The van der Waals surface area contributed by atoms with E-state index in [1.165, 1.54) is 31.4 Å².